The number of benzene rings is 1. The third-order valence-electron chi connectivity index (χ3n) is 4.49. The predicted molar refractivity (Wildman–Crippen MR) is 85.9 cm³/mol. The van der Waals surface area contributed by atoms with Gasteiger partial charge in [-0.1, -0.05) is 37.3 Å². The molecule has 0 saturated carbocycles. The van der Waals surface area contributed by atoms with Gasteiger partial charge in [-0.3, -0.25) is 4.90 Å². The first-order valence-electron chi connectivity index (χ1n) is 7.84. The summed E-state index contributed by atoms with van der Waals surface area (Å²) in [6, 6.07) is 11.5. The Hall–Kier alpha value is -0.900. The summed E-state index contributed by atoms with van der Waals surface area (Å²) in [6.07, 6.45) is 1.30. The lowest BCUT2D eigenvalue weighted by Crippen LogP contribution is -2.39. The molecule has 0 aromatic heterocycles. The summed E-state index contributed by atoms with van der Waals surface area (Å²) < 4.78 is 0. The molecule has 0 radical (unpaired) electrons. The van der Waals surface area contributed by atoms with E-state index >= 15 is 0 Å². The van der Waals surface area contributed by atoms with E-state index in [4.69, 9.17) is 0 Å². The summed E-state index contributed by atoms with van der Waals surface area (Å²) in [4.78, 5) is 7.50. The lowest BCUT2D eigenvalue weighted by Gasteiger charge is -2.26. The normalized spacial score (nSPS) is 20.1. The molecule has 1 aliphatic heterocycles. The van der Waals surface area contributed by atoms with Crippen LogP contribution in [0.2, 0.25) is 0 Å². The van der Waals surface area contributed by atoms with E-state index in [1.165, 1.54) is 38.2 Å². The van der Waals surface area contributed by atoms with Crippen LogP contribution < -0.4 is 0 Å². The van der Waals surface area contributed by atoms with Crippen molar-refractivity contribution in [1.82, 2.24) is 14.7 Å². The molecule has 0 aliphatic carbocycles. The molecule has 1 fully saturated rings. The van der Waals surface area contributed by atoms with Gasteiger partial charge in [0, 0.05) is 38.8 Å². The molecule has 1 aromatic rings. The zero-order valence-electron chi connectivity index (χ0n) is 13.3. The molecule has 0 amide bonds. The van der Waals surface area contributed by atoms with Gasteiger partial charge in [0.1, 0.15) is 0 Å². The molecule has 3 heteroatoms. The van der Waals surface area contributed by atoms with E-state index < -0.39 is 0 Å². The summed E-state index contributed by atoms with van der Waals surface area (Å²) in [5.74, 6) is 0. The molecule has 1 aromatic carbocycles. The molecule has 3 nitrogen and oxygen atoms in total. The van der Waals surface area contributed by atoms with Crippen molar-refractivity contribution in [2.75, 3.05) is 46.8 Å². The van der Waals surface area contributed by atoms with Crippen LogP contribution in [0.25, 0.3) is 0 Å². The van der Waals surface area contributed by atoms with E-state index in [0.29, 0.717) is 0 Å². The summed E-state index contributed by atoms with van der Waals surface area (Å²) in [6.45, 7) is 9.24. The third-order valence-corrected chi connectivity index (χ3v) is 4.49. The van der Waals surface area contributed by atoms with Gasteiger partial charge in [0.15, 0.2) is 0 Å². The summed E-state index contributed by atoms with van der Waals surface area (Å²) in [5, 5.41) is 0. The Bertz CT molecular complexity index is 379. The molecule has 1 heterocycles. The van der Waals surface area contributed by atoms with Gasteiger partial charge in [0.2, 0.25) is 0 Å². The van der Waals surface area contributed by atoms with Gasteiger partial charge in [-0.25, -0.2) is 0 Å². The molecular weight excluding hydrogens is 246 g/mol. The van der Waals surface area contributed by atoms with Crippen molar-refractivity contribution in [3.05, 3.63) is 35.9 Å². The molecule has 0 N–H and O–H groups in total. The van der Waals surface area contributed by atoms with Gasteiger partial charge >= 0.3 is 0 Å². The van der Waals surface area contributed by atoms with Crippen LogP contribution in [0, 0.1) is 0 Å². The summed E-state index contributed by atoms with van der Waals surface area (Å²) in [7, 11) is 4.48. The van der Waals surface area contributed by atoms with Gasteiger partial charge in [0.25, 0.3) is 0 Å². The number of hydrogen-bond donors (Lipinski definition) is 0. The quantitative estimate of drug-likeness (QED) is 0.755. The van der Waals surface area contributed by atoms with Crippen molar-refractivity contribution in [2.45, 2.75) is 25.9 Å². The molecule has 1 saturated heterocycles. The highest BCUT2D eigenvalue weighted by Gasteiger charge is 2.25. The maximum Gasteiger partial charge on any atom is 0.0234 e. The van der Waals surface area contributed by atoms with E-state index in [1.807, 2.05) is 0 Å². The number of likely N-dealkylation sites (N-methyl/N-ethyl adjacent to an activating group) is 2. The second kappa shape index (κ2) is 7.77. The fourth-order valence-electron chi connectivity index (χ4n) is 2.83. The predicted octanol–water partition coefficient (Wildman–Crippen LogP) is 2.14. The van der Waals surface area contributed by atoms with Crippen LogP contribution in [-0.2, 0) is 6.54 Å². The average Bonchev–Trinajstić information content (AvgIpc) is 2.94. The third kappa shape index (κ3) is 4.58. The van der Waals surface area contributed by atoms with Crippen LogP contribution in [0.1, 0.15) is 18.9 Å². The van der Waals surface area contributed by atoms with Crippen molar-refractivity contribution in [2.24, 2.45) is 0 Å². The molecular formula is C17H29N3. The Morgan fingerprint density at radius 3 is 2.60 bits per heavy atom. The van der Waals surface area contributed by atoms with Gasteiger partial charge in [-0.05, 0) is 32.6 Å². The van der Waals surface area contributed by atoms with Gasteiger partial charge in [-0.2, -0.15) is 0 Å². The minimum absolute atomic E-state index is 0.726. The van der Waals surface area contributed by atoms with Crippen LogP contribution in [0.4, 0.5) is 0 Å². The highest BCUT2D eigenvalue weighted by Crippen LogP contribution is 2.17. The Morgan fingerprint density at radius 1 is 1.15 bits per heavy atom. The van der Waals surface area contributed by atoms with Crippen LogP contribution in [-0.4, -0.2) is 67.6 Å². The van der Waals surface area contributed by atoms with E-state index in [0.717, 1.165) is 19.1 Å². The first-order chi connectivity index (χ1) is 9.69. The smallest absolute Gasteiger partial charge is 0.0234 e. The maximum atomic E-state index is 2.58. The van der Waals surface area contributed by atoms with Crippen LogP contribution in [0.5, 0.6) is 0 Å². The van der Waals surface area contributed by atoms with E-state index in [2.05, 4.69) is 66.1 Å². The molecule has 2 rings (SSSR count). The second-order valence-corrected chi connectivity index (χ2v) is 6.04. The summed E-state index contributed by atoms with van der Waals surface area (Å²) in [5.41, 5.74) is 1.43. The standard InChI is InChI=1S/C17H29N3/c1-4-18(2)12-13-19(3)17-10-11-20(15-17)14-16-8-6-5-7-9-16/h5-9,17H,4,10-15H2,1-3H3. The first-order valence-corrected chi connectivity index (χ1v) is 7.84. The van der Waals surface area contributed by atoms with Crippen molar-refractivity contribution in [3.8, 4) is 0 Å². The first kappa shape index (κ1) is 15.5. The fraction of sp³-hybridized carbons (Fsp3) is 0.647. The monoisotopic (exact) mass is 275 g/mol. The number of hydrogen-bond acceptors (Lipinski definition) is 3. The molecule has 20 heavy (non-hydrogen) atoms. The molecule has 112 valence electrons. The second-order valence-electron chi connectivity index (χ2n) is 6.04. The van der Waals surface area contributed by atoms with E-state index in [1.54, 1.807) is 0 Å². The Morgan fingerprint density at radius 2 is 1.90 bits per heavy atom. The number of nitrogens with zero attached hydrogens (tertiary/aromatic N) is 3. The Balaban J connectivity index is 1.74. The minimum atomic E-state index is 0.726. The topological polar surface area (TPSA) is 9.72 Å². The Labute approximate surface area is 124 Å². The molecule has 0 bridgehead atoms. The zero-order valence-corrected chi connectivity index (χ0v) is 13.3. The highest BCUT2D eigenvalue weighted by atomic mass is 15.3. The van der Waals surface area contributed by atoms with Gasteiger partial charge in [0.05, 0.1) is 0 Å². The molecule has 1 aliphatic rings. The molecule has 0 spiro atoms. The lowest BCUT2D eigenvalue weighted by atomic mass is 10.2. The SMILES string of the molecule is CCN(C)CCN(C)C1CCN(Cc2ccccc2)C1. The maximum absolute atomic E-state index is 2.58. The number of likely N-dealkylation sites (tertiary alicyclic amines) is 1. The lowest BCUT2D eigenvalue weighted by molar-refractivity contribution is 0.203. The minimum Gasteiger partial charge on any atom is -0.305 e. The van der Waals surface area contributed by atoms with E-state index in [-0.39, 0.29) is 0 Å². The van der Waals surface area contributed by atoms with Crippen LogP contribution in [0.3, 0.4) is 0 Å². The van der Waals surface area contributed by atoms with Crippen LogP contribution >= 0.6 is 0 Å². The van der Waals surface area contributed by atoms with Crippen molar-refractivity contribution in [1.29, 1.82) is 0 Å². The largest absolute Gasteiger partial charge is 0.305 e. The summed E-state index contributed by atoms with van der Waals surface area (Å²) >= 11 is 0. The zero-order chi connectivity index (χ0) is 14.4. The van der Waals surface area contributed by atoms with Gasteiger partial charge < -0.3 is 9.80 Å². The molecule has 1 atom stereocenters. The molecule has 1 unspecified atom stereocenters. The Kier molecular flexibility index (Phi) is 6.02. The van der Waals surface area contributed by atoms with Gasteiger partial charge in [-0.15, -0.1) is 0 Å². The highest BCUT2D eigenvalue weighted by molar-refractivity contribution is 5.14. The van der Waals surface area contributed by atoms with Crippen molar-refractivity contribution in [3.63, 3.8) is 0 Å². The average molecular weight is 275 g/mol. The van der Waals surface area contributed by atoms with Crippen LogP contribution in [0.15, 0.2) is 30.3 Å². The van der Waals surface area contributed by atoms with Crippen molar-refractivity contribution >= 4 is 0 Å². The van der Waals surface area contributed by atoms with E-state index in [9.17, 15) is 0 Å². The fourth-order valence-corrected chi connectivity index (χ4v) is 2.83. The van der Waals surface area contributed by atoms with Crippen molar-refractivity contribution < 1.29 is 0 Å². The number of rotatable bonds is 7.